The van der Waals surface area contributed by atoms with Crippen molar-refractivity contribution in [3.05, 3.63) is 36.2 Å². The number of rotatable bonds is 11. The second-order valence-corrected chi connectivity index (χ2v) is 8.32. The molecule has 1 heterocycles. The summed E-state index contributed by atoms with van der Waals surface area (Å²) in [6.07, 6.45) is 2.02. The quantitative estimate of drug-likeness (QED) is 0.552. The summed E-state index contributed by atoms with van der Waals surface area (Å²) in [5, 5.41) is 3.12. The summed E-state index contributed by atoms with van der Waals surface area (Å²) >= 11 is 0. The number of hydrogen-bond acceptors (Lipinski definition) is 7. The van der Waals surface area contributed by atoms with Gasteiger partial charge < -0.3 is 15.0 Å². The summed E-state index contributed by atoms with van der Waals surface area (Å²) in [5.41, 5.74) is 0. The first kappa shape index (κ1) is 21.9. The normalized spacial score (nSPS) is 11.3. The van der Waals surface area contributed by atoms with Crippen LogP contribution in [0.25, 0.3) is 0 Å². The predicted octanol–water partition coefficient (Wildman–Crippen LogP) is 2.42. The van der Waals surface area contributed by atoms with E-state index in [4.69, 9.17) is 4.74 Å². The maximum absolute atomic E-state index is 12.4. The van der Waals surface area contributed by atoms with E-state index in [1.165, 1.54) is 0 Å². The van der Waals surface area contributed by atoms with Crippen LogP contribution in [-0.4, -0.2) is 52.2 Å². The molecule has 0 spiro atoms. The number of unbranched alkanes of at least 4 members (excludes halogenated alkanes) is 1. The van der Waals surface area contributed by atoms with Gasteiger partial charge in [-0.05, 0) is 37.6 Å². The van der Waals surface area contributed by atoms with Crippen molar-refractivity contribution in [3.63, 3.8) is 0 Å². The molecule has 0 aliphatic heterocycles. The zero-order valence-electron chi connectivity index (χ0n) is 16.9. The first-order valence-corrected chi connectivity index (χ1v) is 10.8. The van der Waals surface area contributed by atoms with E-state index >= 15 is 0 Å². The lowest BCUT2D eigenvalue weighted by atomic mass is 10.3. The van der Waals surface area contributed by atoms with Crippen molar-refractivity contribution in [1.82, 2.24) is 14.7 Å². The molecule has 0 bridgehead atoms. The Morgan fingerprint density at radius 1 is 1.11 bits per heavy atom. The number of nitrogens with one attached hydrogen (secondary N) is 2. The van der Waals surface area contributed by atoms with Crippen LogP contribution in [0.3, 0.4) is 0 Å². The Morgan fingerprint density at radius 3 is 2.46 bits per heavy atom. The van der Waals surface area contributed by atoms with Gasteiger partial charge in [0.25, 0.3) is 0 Å². The number of benzene rings is 1. The third-order valence-electron chi connectivity index (χ3n) is 3.91. The highest BCUT2D eigenvalue weighted by Crippen LogP contribution is 2.16. The standard InChI is InChI=1S/C19H29N5O3S/c1-5-6-13-27-16-7-9-17(10-8-16)28(25,26)21-12-11-20-18-14-19(24(3)4)23-15(2)22-18/h7-10,14,21H,5-6,11-13H2,1-4H3,(H,20,22,23). The van der Waals surface area contributed by atoms with Crippen LogP contribution in [0.4, 0.5) is 11.6 Å². The second kappa shape index (κ2) is 10.2. The molecule has 154 valence electrons. The fourth-order valence-electron chi connectivity index (χ4n) is 2.38. The Morgan fingerprint density at radius 2 is 1.82 bits per heavy atom. The third kappa shape index (κ3) is 6.65. The molecule has 9 heteroatoms. The molecular weight excluding hydrogens is 378 g/mol. The maximum Gasteiger partial charge on any atom is 0.240 e. The molecule has 0 amide bonds. The number of ether oxygens (including phenoxy) is 1. The molecule has 0 unspecified atom stereocenters. The van der Waals surface area contributed by atoms with Gasteiger partial charge in [-0.25, -0.2) is 23.1 Å². The van der Waals surface area contributed by atoms with Crippen molar-refractivity contribution in [2.45, 2.75) is 31.6 Å². The minimum Gasteiger partial charge on any atom is -0.494 e. The van der Waals surface area contributed by atoms with Crippen molar-refractivity contribution < 1.29 is 13.2 Å². The van der Waals surface area contributed by atoms with Gasteiger partial charge in [-0.2, -0.15) is 0 Å². The molecule has 2 aromatic rings. The topological polar surface area (TPSA) is 96.5 Å². The molecule has 2 N–H and O–H groups in total. The zero-order valence-corrected chi connectivity index (χ0v) is 17.7. The van der Waals surface area contributed by atoms with Crippen molar-refractivity contribution >= 4 is 21.7 Å². The monoisotopic (exact) mass is 407 g/mol. The molecule has 0 radical (unpaired) electrons. The average Bonchev–Trinajstić information content (AvgIpc) is 2.65. The molecule has 0 saturated heterocycles. The van der Waals surface area contributed by atoms with Gasteiger partial charge in [-0.15, -0.1) is 0 Å². The van der Waals surface area contributed by atoms with Gasteiger partial charge in [0, 0.05) is 33.3 Å². The molecule has 0 aliphatic rings. The van der Waals surface area contributed by atoms with E-state index in [2.05, 4.69) is 26.9 Å². The second-order valence-electron chi connectivity index (χ2n) is 6.55. The van der Waals surface area contributed by atoms with Crippen LogP contribution in [0.5, 0.6) is 5.75 Å². The fraction of sp³-hybridized carbons (Fsp3) is 0.474. The first-order chi connectivity index (χ1) is 13.3. The van der Waals surface area contributed by atoms with Crippen LogP contribution < -0.4 is 19.7 Å². The van der Waals surface area contributed by atoms with Gasteiger partial charge in [0.15, 0.2) is 0 Å². The van der Waals surface area contributed by atoms with Gasteiger partial charge in [0.2, 0.25) is 10.0 Å². The number of aromatic nitrogens is 2. The summed E-state index contributed by atoms with van der Waals surface area (Å²) < 4.78 is 32.9. The van der Waals surface area contributed by atoms with Gasteiger partial charge in [0.1, 0.15) is 23.2 Å². The summed E-state index contributed by atoms with van der Waals surface area (Å²) in [4.78, 5) is 10.7. The van der Waals surface area contributed by atoms with E-state index in [-0.39, 0.29) is 11.4 Å². The molecule has 1 aromatic heterocycles. The Balaban J connectivity index is 1.86. The molecule has 2 rings (SSSR count). The number of nitrogens with zero attached hydrogens (tertiary/aromatic N) is 3. The Hall–Kier alpha value is -2.39. The highest BCUT2D eigenvalue weighted by Gasteiger charge is 2.13. The summed E-state index contributed by atoms with van der Waals surface area (Å²) in [7, 11) is 0.232. The van der Waals surface area contributed by atoms with Gasteiger partial charge >= 0.3 is 0 Å². The van der Waals surface area contributed by atoms with E-state index in [0.29, 0.717) is 30.5 Å². The largest absolute Gasteiger partial charge is 0.494 e. The lowest BCUT2D eigenvalue weighted by Gasteiger charge is -2.14. The molecule has 8 nitrogen and oxygen atoms in total. The molecule has 1 aromatic carbocycles. The summed E-state index contributed by atoms with van der Waals surface area (Å²) in [5.74, 6) is 2.77. The Bertz CT molecular complexity index is 854. The van der Waals surface area contributed by atoms with Gasteiger partial charge in [-0.3, -0.25) is 0 Å². The van der Waals surface area contributed by atoms with E-state index in [0.717, 1.165) is 18.7 Å². The average molecular weight is 408 g/mol. The van der Waals surface area contributed by atoms with Crippen LogP contribution in [-0.2, 0) is 10.0 Å². The van der Waals surface area contributed by atoms with Gasteiger partial charge in [-0.1, -0.05) is 13.3 Å². The van der Waals surface area contributed by atoms with Crippen LogP contribution in [0.15, 0.2) is 35.2 Å². The van der Waals surface area contributed by atoms with Crippen LogP contribution in [0.1, 0.15) is 25.6 Å². The third-order valence-corrected chi connectivity index (χ3v) is 5.38. The number of aryl methyl sites for hydroxylation is 1. The molecule has 28 heavy (non-hydrogen) atoms. The zero-order chi connectivity index (χ0) is 20.6. The number of sulfonamides is 1. The van der Waals surface area contributed by atoms with E-state index in [1.807, 2.05) is 32.0 Å². The number of anilines is 2. The van der Waals surface area contributed by atoms with Crippen molar-refractivity contribution in [3.8, 4) is 5.75 Å². The molecule has 0 saturated carbocycles. The van der Waals surface area contributed by atoms with Crippen molar-refractivity contribution in [1.29, 1.82) is 0 Å². The summed E-state index contributed by atoms with van der Waals surface area (Å²) in [6.45, 7) is 5.17. The number of hydrogen-bond donors (Lipinski definition) is 2. The first-order valence-electron chi connectivity index (χ1n) is 9.31. The maximum atomic E-state index is 12.4. The fourth-order valence-corrected chi connectivity index (χ4v) is 3.41. The van der Waals surface area contributed by atoms with E-state index in [9.17, 15) is 8.42 Å². The lowest BCUT2D eigenvalue weighted by Crippen LogP contribution is -2.29. The molecule has 0 fully saturated rings. The van der Waals surface area contributed by atoms with Crippen LogP contribution in [0, 0.1) is 6.92 Å². The summed E-state index contributed by atoms with van der Waals surface area (Å²) in [6, 6.07) is 8.27. The molecule has 0 aliphatic carbocycles. The van der Waals surface area contributed by atoms with Crippen LogP contribution in [0.2, 0.25) is 0 Å². The molecular formula is C19H29N5O3S. The van der Waals surface area contributed by atoms with E-state index in [1.54, 1.807) is 24.3 Å². The Kier molecular flexibility index (Phi) is 8.01. The van der Waals surface area contributed by atoms with Crippen molar-refractivity contribution in [2.75, 3.05) is 44.0 Å². The van der Waals surface area contributed by atoms with Gasteiger partial charge in [0.05, 0.1) is 11.5 Å². The highest BCUT2D eigenvalue weighted by atomic mass is 32.2. The predicted molar refractivity (Wildman–Crippen MR) is 112 cm³/mol. The SMILES string of the molecule is CCCCOc1ccc(S(=O)(=O)NCCNc2cc(N(C)C)nc(C)n2)cc1. The smallest absolute Gasteiger partial charge is 0.240 e. The van der Waals surface area contributed by atoms with Crippen LogP contribution >= 0.6 is 0 Å². The van der Waals surface area contributed by atoms with Crippen molar-refractivity contribution in [2.24, 2.45) is 0 Å². The lowest BCUT2D eigenvalue weighted by molar-refractivity contribution is 0.309. The molecule has 0 atom stereocenters. The minimum absolute atomic E-state index is 0.211. The van der Waals surface area contributed by atoms with E-state index < -0.39 is 10.0 Å². The minimum atomic E-state index is -3.57. The Labute approximate surface area is 167 Å². The highest BCUT2D eigenvalue weighted by molar-refractivity contribution is 7.89.